The zero-order valence-electron chi connectivity index (χ0n) is 15.1. The van der Waals surface area contributed by atoms with Crippen LogP contribution in [0.15, 0.2) is 0 Å². The molecule has 1 unspecified atom stereocenters. The molecule has 2 heterocycles. The molecule has 2 rings (SSSR count). The van der Waals surface area contributed by atoms with E-state index in [1.807, 2.05) is 0 Å². The van der Waals surface area contributed by atoms with Crippen molar-refractivity contribution in [3.8, 4) is 0 Å². The number of amides is 2. The van der Waals surface area contributed by atoms with Crippen LogP contribution in [-0.4, -0.2) is 67.7 Å². The first-order valence-electron chi connectivity index (χ1n) is 9.62. The molecule has 2 aliphatic rings. The maximum absolute atomic E-state index is 12.3. The number of nitrogens with zero attached hydrogens (tertiary/aromatic N) is 2. The summed E-state index contributed by atoms with van der Waals surface area (Å²) in [5, 5.41) is 3.05. The molecule has 0 radical (unpaired) electrons. The number of ether oxygens (including phenoxy) is 1. The van der Waals surface area contributed by atoms with Gasteiger partial charge >= 0.3 is 6.09 Å². The Morgan fingerprint density at radius 3 is 2.54 bits per heavy atom. The lowest BCUT2D eigenvalue weighted by molar-refractivity contribution is -0.126. The van der Waals surface area contributed by atoms with Gasteiger partial charge < -0.3 is 19.9 Å². The zero-order valence-corrected chi connectivity index (χ0v) is 15.1. The topological polar surface area (TPSA) is 61.9 Å². The van der Waals surface area contributed by atoms with E-state index in [4.69, 9.17) is 4.74 Å². The number of carbonyl (C=O) groups is 2. The molecule has 1 N–H and O–H groups in total. The summed E-state index contributed by atoms with van der Waals surface area (Å²) in [6.45, 7) is 7.55. The summed E-state index contributed by atoms with van der Waals surface area (Å²) < 4.78 is 5.04. The highest BCUT2D eigenvalue weighted by Gasteiger charge is 2.28. The molecule has 0 aromatic heterocycles. The van der Waals surface area contributed by atoms with Crippen LogP contribution in [0, 0.1) is 5.92 Å². The summed E-state index contributed by atoms with van der Waals surface area (Å²) in [5.41, 5.74) is 0. The van der Waals surface area contributed by atoms with E-state index in [-0.39, 0.29) is 17.9 Å². The molecule has 1 atom stereocenters. The lowest BCUT2D eigenvalue weighted by Gasteiger charge is -2.31. The van der Waals surface area contributed by atoms with Gasteiger partial charge in [0.15, 0.2) is 0 Å². The number of rotatable bonds is 6. The predicted molar refractivity (Wildman–Crippen MR) is 93.9 cm³/mol. The molecule has 2 fully saturated rings. The molecule has 0 aromatic carbocycles. The van der Waals surface area contributed by atoms with E-state index in [1.165, 1.54) is 38.8 Å². The van der Waals surface area contributed by atoms with E-state index in [0.717, 1.165) is 32.4 Å². The Morgan fingerprint density at radius 2 is 1.83 bits per heavy atom. The predicted octanol–water partition coefficient (Wildman–Crippen LogP) is 2.24. The molecule has 2 aliphatic heterocycles. The first-order valence-corrected chi connectivity index (χ1v) is 9.62. The fourth-order valence-corrected chi connectivity index (χ4v) is 3.59. The van der Waals surface area contributed by atoms with Crippen molar-refractivity contribution in [1.29, 1.82) is 0 Å². The molecule has 6 heteroatoms. The van der Waals surface area contributed by atoms with E-state index in [1.54, 1.807) is 11.8 Å². The van der Waals surface area contributed by atoms with Crippen molar-refractivity contribution in [1.82, 2.24) is 15.1 Å². The van der Waals surface area contributed by atoms with Gasteiger partial charge in [0.2, 0.25) is 5.91 Å². The van der Waals surface area contributed by atoms with Crippen LogP contribution in [0.3, 0.4) is 0 Å². The molecule has 24 heavy (non-hydrogen) atoms. The molecule has 138 valence electrons. The molecule has 2 amide bonds. The highest BCUT2D eigenvalue weighted by atomic mass is 16.6. The van der Waals surface area contributed by atoms with Crippen molar-refractivity contribution in [2.75, 3.05) is 45.9 Å². The minimum absolute atomic E-state index is 0.0832. The summed E-state index contributed by atoms with van der Waals surface area (Å²) in [6, 6.07) is 0. The quantitative estimate of drug-likeness (QED) is 0.754. The lowest BCUT2D eigenvalue weighted by atomic mass is 9.97. The molecule has 2 saturated heterocycles. The average molecular weight is 339 g/mol. The number of carbonyl (C=O) groups excluding carboxylic acids is 2. The molecular weight excluding hydrogens is 306 g/mol. The van der Waals surface area contributed by atoms with Crippen molar-refractivity contribution in [3.63, 3.8) is 0 Å². The number of hydrogen-bond donors (Lipinski definition) is 1. The van der Waals surface area contributed by atoms with Gasteiger partial charge in [-0.3, -0.25) is 4.79 Å². The maximum atomic E-state index is 12.3. The minimum atomic E-state index is -0.295. The normalized spacial score (nSPS) is 22.7. The fourth-order valence-electron chi connectivity index (χ4n) is 3.59. The summed E-state index contributed by atoms with van der Waals surface area (Å²) in [4.78, 5) is 28.3. The van der Waals surface area contributed by atoms with Crippen LogP contribution >= 0.6 is 0 Å². The van der Waals surface area contributed by atoms with Gasteiger partial charge in [0, 0.05) is 19.6 Å². The van der Waals surface area contributed by atoms with Gasteiger partial charge in [-0.1, -0.05) is 12.8 Å². The van der Waals surface area contributed by atoms with Crippen molar-refractivity contribution < 1.29 is 14.3 Å². The summed E-state index contributed by atoms with van der Waals surface area (Å²) in [5.74, 6) is -0.0128. The zero-order chi connectivity index (χ0) is 17.2. The Morgan fingerprint density at radius 1 is 1.08 bits per heavy atom. The molecule has 0 aromatic rings. The Bertz CT molecular complexity index is 395. The third kappa shape index (κ3) is 6.30. The van der Waals surface area contributed by atoms with Crippen LogP contribution in [0.4, 0.5) is 4.79 Å². The summed E-state index contributed by atoms with van der Waals surface area (Å²) >= 11 is 0. The van der Waals surface area contributed by atoms with Crippen LogP contribution in [0.5, 0.6) is 0 Å². The minimum Gasteiger partial charge on any atom is -0.450 e. The molecule has 0 bridgehead atoms. The second kappa shape index (κ2) is 10.5. The van der Waals surface area contributed by atoms with Crippen LogP contribution < -0.4 is 5.32 Å². The van der Waals surface area contributed by atoms with Gasteiger partial charge in [-0.2, -0.15) is 0 Å². The van der Waals surface area contributed by atoms with Crippen LogP contribution in [0.25, 0.3) is 0 Å². The fraction of sp³-hybridized carbons (Fsp3) is 0.889. The van der Waals surface area contributed by atoms with Crippen molar-refractivity contribution in [2.24, 2.45) is 5.92 Å². The third-order valence-electron chi connectivity index (χ3n) is 4.97. The van der Waals surface area contributed by atoms with Crippen LogP contribution in [0.2, 0.25) is 0 Å². The second-order valence-electron chi connectivity index (χ2n) is 6.88. The van der Waals surface area contributed by atoms with Crippen LogP contribution in [-0.2, 0) is 9.53 Å². The lowest BCUT2D eigenvalue weighted by Crippen LogP contribution is -2.46. The van der Waals surface area contributed by atoms with E-state index < -0.39 is 0 Å². The number of likely N-dealkylation sites (tertiary alicyclic amines) is 2. The average Bonchev–Trinajstić information content (AvgIpc) is 2.87. The Hall–Kier alpha value is -1.30. The smallest absolute Gasteiger partial charge is 0.409 e. The number of piperidine rings is 1. The molecule has 6 nitrogen and oxygen atoms in total. The first-order chi connectivity index (χ1) is 11.7. The Kier molecular flexibility index (Phi) is 8.36. The summed E-state index contributed by atoms with van der Waals surface area (Å²) in [7, 11) is 0. The van der Waals surface area contributed by atoms with E-state index in [2.05, 4.69) is 10.2 Å². The van der Waals surface area contributed by atoms with Gasteiger partial charge in [0.05, 0.1) is 12.5 Å². The first kappa shape index (κ1) is 19.0. The number of nitrogens with one attached hydrogen (secondary N) is 1. The molecular formula is C18H33N3O3. The van der Waals surface area contributed by atoms with Crippen molar-refractivity contribution in [3.05, 3.63) is 0 Å². The largest absolute Gasteiger partial charge is 0.450 e. The van der Waals surface area contributed by atoms with Gasteiger partial charge in [-0.25, -0.2) is 4.79 Å². The van der Waals surface area contributed by atoms with Crippen LogP contribution in [0.1, 0.15) is 51.9 Å². The second-order valence-corrected chi connectivity index (χ2v) is 6.88. The van der Waals surface area contributed by atoms with E-state index >= 15 is 0 Å². The Balaban J connectivity index is 1.63. The summed E-state index contributed by atoms with van der Waals surface area (Å²) in [6.07, 6.45) is 7.74. The van der Waals surface area contributed by atoms with Crippen molar-refractivity contribution in [2.45, 2.75) is 51.9 Å². The monoisotopic (exact) mass is 339 g/mol. The van der Waals surface area contributed by atoms with Gasteiger partial charge in [0.25, 0.3) is 0 Å². The molecule has 0 spiro atoms. The van der Waals surface area contributed by atoms with Crippen molar-refractivity contribution >= 4 is 12.0 Å². The van der Waals surface area contributed by atoms with Gasteiger partial charge in [0.1, 0.15) is 0 Å². The van der Waals surface area contributed by atoms with E-state index in [9.17, 15) is 9.59 Å². The third-order valence-corrected chi connectivity index (χ3v) is 4.97. The maximum Gasteiger partial charge on any atom is 0.409 e. The standard InChI is InChI=1S/C18H33N3O3/c1-2-24-18(23)21-14-7-9-16(15-21)17(22)19-10-8-13-20-11-5-3-4-6-12-20/h16H,2-15H2,1H3,(H,19,22). The SMILES string of the molecule is CCOC(=O)N1CCCC(C(=O)NCCCN2CCCCCC2)C1. The number of hydrogen-bond acceptors (Lipinski definition) is 4. The molecule has 0 aliphatic carbocycles. The molecule has 0 saturated carbocycles. The van der Waals surface area contributed by atoms with E-state index in [0.29, 0.717) is 19.7 Å². The van der Waals surface area contributed by atoms with Gasteiger partial charge in [-0.15, -0.1) is 0 Å². The van der Waals surface area contributed by atoms with Gasteiger partial charge in [-0.05, 0) is 58.7 Å². The highest BCUT2D eigenvalue weighted by molar-refractivity contribution is 5.79. The Labute approximate surface area is 145 Å². The highest BCUT2D eigenvalue weighted by Crippen LogP contribution is 2.17.